The Kier molecular flexibility index (Phi) is 8.50. The standard InChI is InChI=1S/C29H27N5O6S2/c1-18-16-25(33-40-18)34-42(36,37)24-14-8-21(9-15-24)30-26(35)17-41-29-31-27(19-4-10-22(38-2)11-5-19)28(32-29)20-6-12-23(39-3)13-7-20/h4-16H,17H2,1-3H3,(H,30,35)(H,31,32)(H,33,34). The van der Waals surface area contributed by atoms with Gasteiger partial charge in [0.1, 0.15) is 17.3 Å². The number of hydrogen-bond donors (Lipinski definition) is 3. The third-order valence-electron chi connectivity index (χ3n) is 6.08. The van der Waals surface area contributed by atoms with Gasteiger partial charge in [-0.05, 0) is 79.7 Å². The van der Waals surface area contributed by atoms with Gasteiger partial charge in [0.2, 0.25) is 5.91 Å². The molecule has 42 heavy (non-hydrogen) atoms. The zero-order valence-corrected chi connectivity index (χ0v) is 24.5. The molecule has 0 aliphatic carbocycles. The number of rotatable bonds is 11. The molecule has 0 saturated heterocycles. The van der Waals surface area contributed by atoms with E-state index in [4.69, 9.17) is 19.0 Å². The van der Waals surface area contributed by atoms with E-state index in [9.17, 15) is 13.2 Å². The number of amides is 1. The third kappa shape index (κ3) is 6.75. The molecule has 3 N–H and O–H groups in total. The Bertz CT molecular complexity index is 1720. The molecule has 13 heteroatoms. The van der Waals surface area contributed by atoms with Crippen molar-refractivity contribution < 1.29 is 27.2 Å². The molecule has 0 unspecified atom stereocenters. The predicted molar refractivity (Wildman–Crippen MR) is 160 cm³/mol. The number of aromatic amines is 1. The first-order valence-corrected chi connectivity index (χ1v) is 15.1. The Morgan fingerprint density at radius 1 is 0.929 bits per heavy atom. The number of aromatic nitrogens is 3. The SMILES string of the molecule is COc1ccc(-c2nc(SCC(=O)Nc3ccc(S(=O)(=O)Nc4cc(C)on4)cc3)[nH]c2-c2ccc(OC)cc2)cc1. The summed E-state index contributed by atoms with van der Waals surface area (Å²) in [7, 11) is -0.637. The van der Waals surface area contributed by atoms with Crippen molar-refractivity contribution in [3.8, 4) is 34.0 Å². The molecule has 5 rings (SSSR count). The van der Waals surface area contributed by atoms with Crippen LogP contribution in [0.25, 0.3) is 22.5 Å². The Balaban J connectivity index is 1.27. The Morgan fingerprint density at radius 3 is 2.12 bits per heavy atom. The molecule has 0 atom stereocenters. The molecule has 2 aromatic heterocycles. The van der Waals surface area contributed by atoms with E-state index in [2.05, 4.69) is 20.2 Å². The number of carbonyl (C=O) groups is 1. The highest BCUT2D eigenvalue weighted by Crippen LogP contribution is 2.34. The average Bonchev–Trinajstić information content (AvgIpc) is 3.62. The Labute approximate surface area is 246 Å². The molecule has 216 valence electrons. The quantitative estimate of drug-likeness (QED) is 0.164. The second-order valence-corrected chi connectivity index (χ2v) is 11.7. The number of imidazole rings is 1. The summed E-state index contributed by atoms with van der Waals surface area (Å²) in [5.41, 5.74) is 3.79. The van der Waals surface area contributed by atoms with E-state index in [1.807, 2.05) is 48.5 Å². The zero-order valence-electron chi connectivity index (χ0n) is 22.9. The summed E-state index contributed by atoms with van der Waals surface area (Å²) in [6.45, 7) is 1.66. The van der Waals surface area contributed by atoms with Crippen molar-refractivity contribution in [3.05, 3.63) is 84.6 Å². The number of carbonyl (C=O) groups excluding carboxylic acids is 1. The van der Waals surface area contributed by atoms with Crippen LogP contribution in [0.15, 0.2) is 93.4 Å². The lowest BCUT2D eigenvalue weighted by Crippen LogP contribution is -2.15. The summed E-state index contributed by atoms with van der Waals surface area (Å²) in [4.78, 5) is 20.9. The summed E-state index contributed by atoms with van der Waals surface area (Å²) in [5, 5.41) is 6.99. The van der Waals surface area contributed by atoms with Crippen LogP contribution >= 0.6 is 11.8 Å². The molecule has 0 aliphatic heterocycles. The van der Waals surface area contributed by atoms with E-state index >= 15 is 0 Å². The smallest absolute Gasteiger partial charge is 0.263 e. The second-order valence-electron chi connectivity index (χ2n) is 9.01. The topological polar surface area (TPSA) is 148 Å². The number of thioether (sulfide) groups is 1. The van der Waals surface area contributed by atoms with Gasteiger partial charge in [-0.15, -0.1) is 0 Å². The Morgan fingerprint density at radius 2 is 1.55 bits per heavy atom. The van der Waals surface area contributed by atoms with Crippen molar-refractivity contribution in [2.24, 2.45) is 0 Å². The number of aryl methyl sites for hydroxylation is 1. The van der Waals surface area contributed by atoms with Crippen LogP contribution in [-0.4, -0.2) is 49.4 Å². The fourth-order valence-corrected chi connectivity index (χ4v) is 5.66. The maximum atomic E-state index is 12.7. The number of anilines is 2. The lowest BCUT2D eigenvalue weighted by atomic mass is 10.0. The minimum absolute atomic E-state index is 0.0169. The first-order valence-electron chi connectivity index (χ1n) is 12.6. The van der Waals surface area contributed by atoms with Crippen molar-refractivity contribution in [2.45, 2.75) is 17.0 Å². The van der Waals surface area contributed by atoms with Crippen LogP contribution < -0.4 is 19.5 Å². The number of ether oxygens (including phenoxy) is 2. The maximum absolute atomic E-state index is 12.7. The molecule has 2 heterocycles. The van der Waals surface area contributed by atoms with Crippen LogP contribution in [0.3, 0.4) is 0 Å². The highest BCUT2D eigenvalue weighted by Gasteiger charge is 2.18. The van der Waals surface area contributed by atoms with Crippen LogP contribution in [-0.2, 0) is 14.8 Å². The minimum Gasteiger partial charge on any atom is -0.497 e. The van der Waals surface area contributed by atoms with Crippen LogP contribution in [0.4, 0.5) is 11.5 Å². The Hall–Kier alpha value is -4.75. The average molecular weight is 606 g/mol. The summed E-state index contributed by atoms with van der Waals surface area (Å²) in [6.07, 6.45) is 0. The number of nitrogens with zero attached hydrogens (tertiary/aromatic N) is 2. The van der Waals surface area contributed by atoms with Crippen LogP contribution in [0, 0.1) is 6.92 Å². The van der Waals surface area contributed by atoms with E-state index in [1.165, 1.54) is 42.1 Å². The van der Waals surface area contributed by atoms with E-state index in [0.717, 1.165) is 34.0 Å². The summed E-state index contributed by atoms with van der Waals surface area (Å²) < 4.78 is 43.0. The largest absolute Gasteiger partial charge is 0.497 e. The van der Waals surface area contributed by atoms with Gasteiger partial charge in [-0.25, -0.2) is 13.4 Å². The van der Waals surface area contributed by atoms with E-state index in [1.54, 1.807) is 21.1 Å². The van der Waals surface area contributed by atoms with Crippen molar-refractivity contribution in [2.75, 3.05) is 30.0 Å². The van der Waals surface area contributed by atoms with Crippen molar-refractivity contribution in [1.82, 2.24) is 15.1 Å². The minimum atomic E-state index is -3.86. The number of H-pyrrole nitrogens is 1. The highest BCUT2D eigenvalue weighted by molar-refractivity contribution is 7.99. The highest BCUT2D eigenvalue weighted by atomic mass is 32.2. The van der Waals surface area contributed by atoms with Gasteiger partial charge in [-0.3, -0.25) is 9.52 Å². The third-order valence-corrected chi connectivity index (χ3v) is 8.32. The van der Waals surface area contributed by atoms with Gasteiger partial charge in [-0.2, -0.15) is 0 Å². The van der Waals surface area contributed by atoms with Crippen LogP contribution in [0.1, 0.15) is 5.76 Å². The predicted octanol–water partition coefficient (Wildman–Crippen LogP) is 5.59. The van der Waals surface area contributed by atoms with Crippen molar-refractivity contribution in [3.63, 3.8) is 0 Å². The molecule has 11 nitrogen and oxygen atoms in total. The van der Waals surface area contributed by atoms with Gasteiger partial charge in [0.25, 0.3) is 10.0 Å². The van der Waals surface area contributed by atoms with E-state index in [-0.39, 0.29) is 22.4 Å². The lowest BCUT2D eigenvalue weighted by molar-refractivity contribution is -0.113. The molecule has 0 spiro atoms. The van der Waals surface area contributed by atoms with Crippen LogP contribution in [0.2, 0.25) is 0 Å². The monoisotopic (exact) mass is 605 g/mol. The summed E-state index contributed by atoms with van der Waals surface area (Å²) in [5.74, 6) is 1.84. The first-order chi connectivity index (χ1) is 20.2. The van der Waals surface area contributed by atoms with Gasteiger partial charge in [0.05, 0.1) is 36.3 Å². The fraction of sp³-hybridized carbons (Fsp3) is 0.138. The number of nitrogens with one attached hydrogen (secondary N) is 3. The summed E-state index contributed by atoms with van der Waals surface area (Å²) in [6, 6.07) is 22.5. The fourth-order valence-electron chi connectivity index (χ4n) is 4.00. The molecule has 0 saturated carbocycles. The molecule has 0 bridgehead atoms. The molecule has 3 aromatic carbocycles. The number of benzene rings is 3. The number of sulfonamides is 1. The molecule has 0 radical (unpaired) electrons. The normalized spacial score (nSPS) is 11.2. The molecule has 0 aliphatic rings. The van der Waals surface area contributed by atoms with Crippen LogP contribution in [0.5, 0.6) is 11.5 Å². The molecule has 1 amide bonds. The lowest BCUT2D eigenvalue weighted by Gasteiger charge is -2.07. The molecular weight excluding hydrogens is 578 g/mol. The number of methoxy groups -OCH3 is 2. The van der Waals surface area contributed by atoms with Gasteiger partial charge >= 0.3 is 0 Å². The maximum Gasteiger partial charge on any atom is 0.263 e. The van der Waals surface area contributed by atoms with Crippen molar-refractivity contribution in [1.29, 1.82) is 0 Å². The molecular formula is C29H27N5O6S2. The molecule has 0 fully saturated rings. The molecule has 5 aromatic rings. The van der Waals surface area contributed by atoms with Crippen molar-refractivity contribution >= 4 is 39.2 Å². The van der Waals surface area contributed by atoms with Gasteiger partial charge in [0, 0.05) is 22.9 Å². The zero-order chi connectivity index (χ0) is 29.7. The van der Waals surface area contributed by atoms with Gasteiger partial charge in [0.15, 0.2) is 11.0 Å². The van der Waals surface area contributed by atoms with Gasteiger partial charge < -0.3 is 24.3 Å². The van der Waals surface area contributed by atoms with Gasteiger partial charge in [-0.1, -0.05) is 16.9 Å². The second kappa shape index (κ2) is 12.4. The first kappa shape index (κ1) is 28.8. The number of hydrogen-bond acceptors (Lipinski definition) is 9. The van der Waals surface area contributed by atoms with E-state index < -0.39 is 10.0 Å². The summed E-state index contributed by atoms with van der Waals surface area (Å²) >= 11 is 1.25. The van der Waals surface area contributed by atoms with E-state index in [0.29, 0.717) is 16.6 Å².